The van der Waals surface area contributed by atoms with E-state index in [0.717, 1.165) is 12.0 Å². The number of ether oxygens (including phenoxy) is 1. The zero-order chi connectivity index (χ0) is 11.4. The third-order valence-corrected chi connectivity index (χ3v) is 2.24. The highest BCUT2D eigenvalue weighted by molar-refractivity contribution is 5.39. The molecule has 0 aliphatic rings. The summed E-state index contributed by atoms with van der Waals surface area (Å²) in [5.74, 6) is 0.469. The van der Waals surface area contributed by atoms with E-state index in [1.54, 1.807) is 13.0 Å². The zero-order valence-electron chi connectivity index (χ0n) is 9.51. The topological polar surface area (TPSA) is 35.2 Å². The van der Waals surface area contributed by atoms with E-state index in [0.29, 0.717) is 17.9 Å². The number of aryl methyl sites for hydroxylation is 1. The molecule has 2 N–H and O–H groups in total. The quantitative estimate of drug-likeness (QED) is 0.831. The predicted molar refractivity (Wildman–Crippen MR) is 59.5 cm³/mol. The smallest absolute Gasteiger partial charge is 0.126 e. The van der Waals surface area contributed by atoms with Gasteiger partial charge < -0.3 is 10.5 Å². The Hall–Kier alpha value is -1.09. The molecule has 15 heavy (non-hydrogen) atoms. The molecule has 0 aliphatic carbocycles. The molecule has 1 rings (SSSR count). The Kier molecular flexibility index (Phi) is 4.09. The van der Waals surface area contributed by atoms with Crippen LogP contribution in [0.25, 0.3) is 0 Å². The van der Waals surface area contributed by atoms with Crippen LogP contribution in [0.2, 0.25) is 0 Å². The molecular formula is C12H18FNO. The van der Waals surface area contributed by atoms with Crippen molar-refractivity contribution in [2.75, 3.05) is 6.61 Å². The van der Waals surface area contributed by atoms with Crippen LogP contribution in [-0.2, 0) is 0 Å². The average Bonchev–Trinajstić information content (AvgIpc) is 2.19. The lowest BCUT2D eigenvalue weighted by Crippen LogP contribution is -2.09. The number of rotatable bonds is 4. The van der Waals surface area contributed by atoms with Gasteiger partial charge in [-0.15, -0.1) is 0 Å². The van der Waals surface area contributed by atoms with Crippen molar-refractivity contribution in [1.82, 2.24) is 0 Å². The fourth-order valence-electron chi connectivity index (χ4n) is 1.36. The molecule has 1 aromatic carbocycles. The highest BCUT2D eigenvalue weighted by Crippen LogP contribution is 2.27. The fourth-order valence-corrected chi connectivity index (χ4v) is 1.36. The maximum Gasteiger partial charge on any atom is 0.126 e. The van der Waals surface area contributed by atoms with Gasteiger partial charge in [0, 0.05) is 11.6 Å². The van der Waals surface area contributed by atoms with Gasteiger partial charge in [0.1, 0.15) is 11.6 Å². The summed E-state index contributed by atoms with van der Waals surface area (Å²) >= 11 is 0. The Morgan fingerprint density at radius 2 is 2.13 bits per heavy atom. The van der Waals surface area contributed by atoms with Crippen molar-refractivity contribution in [2.45, 2.75) is 33.2 Å². The van der Waals surface area contributed by atoms with Crippen molar-refractivity contribution in [3.63, 3.8) is 0 Å². The SMILES string of the molecule is CCCOc1cc(C)c(F)cc1[C@@H](C)N. The van der Waals surface area contributed by atoms with Crippen molar-refractivity contribution in [3.05, 3.63) is 29.1 Å². The largest absolute Gasteiger partial charge is 0.493 e. The molecule has 0 amide bonds. The van der Waals surface area contributed by atoms with Gasteiger partial charge in [-0.2, -0.15) is 0 Å². The van der Waals surface area contributed by atoms with E-state index in [9.17, 15) is 4.39 Å². The van der Waals surface area contributed by atoms with Crippen molar-refractivity contribution < 1.29 is 9.13 Å². The van der Waals surface area contributed by atoms with E-state index in [4.69, 9.17) is 10.5 Å². The lowest BCUT2D eigenvalue weighted by atomic mass is 10.1. The second-order valence-corrected chi connectivity index (χ2v) is 3.78. The molecule has 0 saturated carbocycles. The van der Waals surface area contributed by atoms with Gasteiger partial charge in [-0.1, -0.05) is 6.92 Å². The van der Waals surface area contributed by atoms with Gasteiger partial charge in [-0.3, -0.25) is 0 Å². The standard InChI is InChI=1S/C12H18FNO/c1-4-5-15-12-6-8(2)11(13)7-10(12)9(3)14/h6-7,9H,4-5,14H2,1-3H3/t9-/m1/s1. The molecule has 0 unspecified atom stereocenters. The second-order valence-electron chi connectivity index (χ2n) is 3.78. The van der Waals surface area contributed by atoms with Crippen LogP contribution in [0, 0.1) is 12.7 Å². The zero-order valence-corrected chi connectivity index (χ0v) is 9.51. The lowest BCUT2D eigenvalue weighted by molar-refractivity contribution is 0.312. The van der Waals surface area contributed by atoms with Gasteiger partial charge in [-0.25, -0.2) is 4.39 Å². The molecule has 0 radical (unpaired) electrons. The van der Waals surface area contributed by atoms with Crippen molar-refractivity contribution in [2.24, 2.45) is 5.73 Å². The van der Waals surface area contributed by atoms with Crippen LogP contribution in [0.15, 0.2) is 12.1 Å². The molecule has 0 spiro atoms. The van der Waals surface area contributed by atoms with E-state index >= 15 is 0 Å². The minimum absolute atomic E-state index is 0.216. The molecule has 3 heteroatoms. The van der Waals surface area contributed by atoms with E-state index in [1.807, 2.05) is 13.8 Å². The van der Waals surface area contributed by atoms with Gasteiger partial charge >= 0.3 is 0 Å². The summed E-state index contributed by atoms with van der Waals surface area (Å²) in [5.41, 5.74) is 7.08. The maximum absolute atomic E-state index is 13.3. The molecule has 84 valence electrons. The normalized spacial score (nSPS) is 12.6. The van der Waals surface area contributed by atoms with Crippen LogP contribution in [0.5, 0.6) is 5.75 Å². The van der Waals surface area contributed by atoms with Crippen LogP contribution in [0.3, 0.4) is 0 Å². The fraction of sp³-hybridized carbons (Fsp3) is 0.500. The van der Waals surface area contributed by atoms with Crippen LogP contribution in [-0.4, -0.2) is 6.61 Å². The van der Waals surface area contributed by atoms with Crippen molar-refractivity contribution in [3.8, 4) is 5.75 Å². The van der Waals surface area contributed by atoms with E-state index in [1.165, 1.54) is 6.07 Å². The maximum atomic E-state index is 13.3. The summed E-state index contributed by atoms with van der Waals surface area (Å²) in [6, 6.07) is 2.96. The number of hydrogen-bond donors (Lipinski definition) is 1. The molecular weight excluding hydrogens is 193 g/mol. The van der Waals surface area contributed by atoms with E-state index in [2.05, 4.69) is 0 Å². The van der Waals surface area contributed by atoms with Crippen LogP contribution in [0.4, 0.5) is 4.39 Å². The molecule has 1 aromatic rings. The predicted octanol–water partition coefficient (Wildman–Crippen LogP) is 2.94. The Bertz CT molecular complexity index is 337. The number of halogens is 1. The molecule has 0 fully saturated rings. The van der Waals surface area contributed by atoms with Gasteiger partial charge in [0.05, 0.1) is 6.61 Å². The minimum atomic E-state index is -0.230. The minimum Gasteiger partial charge on any atom is -0.493 e. The third kappa shape index (κ3) is 2.93. The molecule has 0 aromatic heterocycles. The van der Waals surface area contributed by atoms with Crippen LogP contribution in [0.1, 0.15) is 37.4 Å². The van der Waals surface area contributed by atoms with Crippen LogP contribution >= 0.6 is 0 Å². The Labute approximate surface area is 90.2 Å². The van der Waals surface area contributed by atoms with Gasteiger partial charge in [0.25, 0.3) is 0 Å². The first-order valence-corrected chi connectivity index (χ1v) is 5.24. The Balaban J connectivity index is 3.04. The Morgan fingerprint density at radius 3 is 2.67 bits per heavy atom. The van der Waals surface area contributed by atoms with Gasteiger partial charge in [-0.05, 0) is 38.0 Å². The van der Waals surface area contributed by atoms with E-state index in [-0.39, 0.29) is 11.9 Å². The molecule has 0 bridgehead atoms. The number of hydrogen-bond acceptors (Lipinski definition) is 2. The van der Waals surface area contributed by atoms with Crippen LogP contribution < -0.4 is 10.5 Å². The van der Waals surface area contributed by atoms with Crippen molar-refractivity contribution in [1.29, 1.82) is 0 Å². The third-order valence-electron chi connectivity index (χ3n) is 2.24. The summed E-state index contributed by atoms with van der Waals surface area (Å²) in [5, 5.41) is 0. The molecule has 2 nitrogen and oxygen atoms in total. The first kappa shape index (κ1) is 12.0. The first-order valence-electron chi connectivity index (χ1n) is 5.24. The van der Waals surface area contributed by atoms with Crippen molar-refractivity contribution >= 4 is 0 Å². The van der Waals surface area contributed by atoms with Gasteiger partial charge in [0.15, 0.2) is 0 Å². The highest BCUT2D eigenvalue weighted by atomic mass is 19.1. The molecule has 0 heterocycles. The molecule has 0 aliphatic heterocycles. The molecule has 0 saturated heterocycles. The summed E-state index contributed by atoms with van der Waals surface area (Å²) in [6.45, 7) is 6.20. The molecule has 1 atom stereocenters. The monoisotopic (exact) mass is 211 g/mol. The summed E-state index contributed by atoms with van der Waals surface area (Å²) in [6.07, 6.45) is 0.925. The number of benzene rings is 1. The average molecular weight is 211 g/mol. The first-order chi connectivity index (χ1) is 7.06. The summed E-state index contributed by atoms with van der Waals surface area (Å²) < 4.78 is 18.9. The summed E-state index contributed by atoms with van der Waals surface area (Å²) in [7, 11) is 0. The van der Waals surface area contributed by atoms with E-state index < -0.39 is 0 Å². The number of nitrogens with two attached hydrogens (primary N) is 1. The lowest BCUT2D eigenvalue weighted by Gasteiger charge is -2.14. The Morgan fingerprint density at radius 1 is 1.47 bits per heavy atom. The highest BCUT2D eigenvalue weighted by Gasteiger charge is 2.11. The second kappa shape index (κ2) is 5.12. The van der Waals surface area contributed by atoms with Gasteiger partial charge in [0.2, 0.25) is 0 Å². The summed E-state index contributed by atoms with van der Waals surface area (Å²) in [4.78, 5) is 0.